The lowest BCUT2D eigenvalue weighted by Gasteiger charge is -2.23. The van der Waals surface area contributed by atoms with Crippen molar-refractivity contribution in [2.24, 2.45) is 0 Å². The van der Waals surface area contributed by atoms with Crippen molar-refractivity contribution in [1.82, 2.24) is 9.62 Å². The molecule has 2 aliphatic rings. The Bertz CT molecular complexity index is 963. The first-order valence-corrected chi connectivity index (χ1v) is 13.0. The fourth-order valence-corrected chi connectivity index (χ4v) is 6.23. The van der Waals surface area contributed by atoms with Crippen molar-refractivity contribution in [3.8, 4) is 0 Å². The van der Waals surface area contributed by atoms with Gasteiger partial charge in [0.1, 0.15) is 5.50 Å². The van der Waals surface area contributed by atoms with E-state index in [2.05, 4.69) is 28.2 Å². The monoisotopic (exact) mass is 461 g/mol. The molecule has 2 aromatic carbocycles. The Kier molecular flexibility index (Phi) is 8.43. The van der Waals surface area contributed by atoms with E-state index in [9.17, 15) is 8.42 Å². The van der Waals surface area contributed by atoms with E-state index >= 15 is 0 Å². The number of ether oxygens (including phenoxy) is 1. The zero-order chi connectivity index (χ0) is 22.3. The van der Waals surface area contributed by atoms with Gasteiger partial charge in [0.05, 0.1) is 17.2 Å². The first-order chi connectivity index (χ1) is 15.1. The van der Waals surface area contributed by atoms with Crippen LogP contribution in [0.3, 0.4) is 0 Å². The Morgan fingerprint density at radius 2 is 1.84 bits per heavy atom. The minimum absolute atomic E-state index is 0.00247. The quantitative estimate of drug-likeness (QED) is 0.631. The number of hydrogen-bond acceptors (Lipinski definition) is 6. The van der Waals surface area contributed by atoms with Crippen LogP contribution in [-0.4, -0.2) is 44.5 Å². The summed E-state index contributed by atoms with van der Waals surface area (Å²) in [5.41, 5.74) is 3.08. The maximum Gasteiger partial charge on any atom is 0.243 e. The van der Waals surface area contributed by atoms with E-state index in [4.69, 9.17) is 4.74 Å². The molecular formula is C23H31N3O3S2. The molecular weight excluding hydrogens is 430 g/mol. The van der Waals surface area contributed by atoms with Gasteiger partial charge in [0.15, 0.2) is 0 Å². The van der Waals surface area contributed by atoms with Crippen molar-refractivity contribution >= 4 is 33.2 Å². The SMILES string of the molecule is CC.COC[C@@H]1CCCN1S(=O)(=O)c1ccc(NC2NC(c3ccccc3)=CS2)cc1. The molecule has 0 bridgehead atoms. The molecule has 2 aromatic rings. The standard InChI is InChI=1S/C21H25N3O3S2.C2H6/c1-27-14-18-8-5-13-24(18)29(25,26)19-11-9-17(10-12-19)22-21-23-20(15-28-21)16-6-3-2-4-7-16;1-2/h2-4,6-7,9-12,15,18,21-23H,5,8,13-14H2,1H3;1-2H3/t18-,21?;/m0./s1. The van der Waals surface area contributed by atoms with E-state index in [0.29, 0.717) is 18.0 Å². The molecule has 0 radical (unpaired) electrons. The summed E-state index contributed by atoms with van der Waals surface area (Å²) in [5.74, 6) is 0. The molecule has 1 unspecified atom stereocenters. The van der Waals surface area contributed by atoms with Gasteiger partial charge in [-0.1, -0.05) is 55.9 Å². The van der Waals surface area contributed by atoms with E-state index in [-0.39, 0.29) is 11.5 Å². The van der Waals surface area contributed by atoms with Gasteiger partial charge < -0.3 is 15.4 Å². The van der Waals surface area contributed by atoms with Crippen LogP contribution in [0.2, 0.25) is 0 Å². The highest BCUT2D eigenvalue weighted by molar-refractivity contribution is 8.03. The maximum atomic E-state index is 13.0. The van der Waals surface area contributed by atoms with E-state index in [1.165, 1.54) is 0 Å². The smallest absolute Gasteiger partial charge is 0.243 e. The summed E-state index contributed by atoms with van der Waals surface area (Å²) in [5, 5.41) is 8.92. The molecule has 0 saturated carbocycles. The molecule has 0 aliphatic carbocycles. The van der Waals surface area contributed by atoms with Crippen LogP contribution in [0.1, 0.15) is 32.3 Å². The van der Waals surface area contributed by atoms with E-state index in [1.807, 2.05) is 44.2 Å². The first-order valence-electron chi connectivity index (χ1n) is 10.6. The molecule has 0 amide bonds. The summed E-state index contributed by atoms with van der Waals surface area (Å²) >= 11 is 1.65. The second-order valence-electron chi connectivity index (χ2n) is 7.09. The normalized spacial score (nSPS) is 21.1. The number of thioether (sulfide) groups is 1. The molecule has 0 aromatic heterocycles. The molecule has 0 spiro atoms. The zero-order valence-corrected chi connectivity index (χ0v) is 19.9. The molecule has 2 heterocycles. The molecule has 31 heavy (non-hydrogen) atoms. The second kappa shape index (κ2) is 11.0. The summed E-state index contributed by atoms with van der Waals surface area (Å²) in [6.45, 7) is 4.98. The summed E-state index contributed by atoms with van der Waals surface area (Å²) < 4.78 is 32.8. The highest BCUT2D eigenvalue weighted by Gasteiger charge is 2.35. The molecule has 2 N–H and O–H groups in total. The Hall–Kier alpha value is -2.00. The van der Waals surface area contributed by atoms with Crippen LogP contribution in [0.5, 0.6) is 0 Å². The largest absolute Gasteiger partial charge is 0.383 e. The zero-order valence-electron chi connectivity index (χ0n) is 18.2. The maximum absolute atomic E-state index is 13.0. The number of sulfonamides is 1. The van der Waals surface area contributed by atoms with Gasteiger partial charge in [0, 0.05) is 25.4 Å². The topological polar surface area (TPSA) is 70.7 Å². The Balaban J connectivity index is 0.00000132. The van der Waals surface area contributed by atoms with Crippen molar-refractivity contribution in [2.75, 3.05) is 25.6 Å². The number of nitrogens with one attached hydrogen (secondary N) is 2. The summed E-state index contributed by atoms with van der Waals surface area (Å²) in [4.78, 5) is 0.321. The first kappa shape index (κ1) is 23.7. The van der Waals surface area contributed by atoms with E-state index < -0.39 is 10.0 Å². The molecule has 1 fully saturated rings. The van der Waals surface area contributed by atoms with Gasteiger partial charge >= 0.3 is 0 Å². The van der Waals surface area contributed by atoms with Gasteiger partial charge in [0.2, 0.25) is 10.0 Å². The minimum atomic E-state index is -3.50. The van der Waals surface area contributed by atoms with Crippen LogP contribution in [0.25, 0.3) is 5.70 Å². The summed E-state index contributed by atoms with van der Waals surface area (Å²) in [7, 11) is -1.90. The van der Waals surface area contributed by atoms with Gasteiger partial charge in [-0.25, -0.2) is 8.42 Å². The number of benzene rings is 2. The predicted octanol–water partition coefficient (Wildman–Crippen LogP) is 4.54. The van der Waals surface area contributed by atoms with Crippen molar-refractivity contribution < 1.29 is 13.2 Å². The Morgan fingerprint density at radius 3 is 2.52 bits per heavy atom. The number of methoxy groups -OCH3 is 1. The lowest BCUT2D eigenvalue weighted by atomic mass is 10.2. The van der Waals surface area contributed by atoms with Crippen LogP contribution in [0.4, 0.5) is 5.69 Å². The van der Waals surface area contributed by atoms with Crippen molar-refractivity contribution in [1.29, 1.82) is 0 Å². The molecule has 2 atom stereocenters. The molecule has 1 saturated heterocycles. The highest BCUT2D eigenvalue weighted by Crippen LogP contribution is 2.30. The second-order valence-corrected chi connectivity index (χ2v) is 9.96. The number of anilines is 1. The summed E-state index contributed by atoms with van der Waals surface area (Å²) in [6, 6.07) is 17.1. The molecule has 168 valence electrons. The third-order valence-corrected chi connectivity index (χ3v) is 7.98. The van der Waals surface area contributed by atoms with Crippen molar-refractivity contribution in [3.05, 3.63) is 65.6 Å². The van der Waals surface area contributed by atoms with Gasteiger partial charge in [-0.05, 0) is 48.1 Å². The lowest BCUT2D eigenvalue weighted by molar-refractivity contribution is 0.149. The van der Waals surface area contributed by atoms with Gasteiger partial charge in [-0.3, -0.25) is 0 Å². The average Bonchev–Trinajstić information content (AvgIpc) is 3.47. The van der Waals surface area contributed by atoms with Crippen molar-refractivity contribution in [2.45, 2.75) is 43.1 Å². The molecule has 6 nitrogen and oxygen atoms in total. The van der Waals surface area contributed by atoms with Crippen LogP contribution < -0.4 is 10.6 Å². The van der Waals surface area contributed by atoms with Crippen LogP contribution >= 0.6 is 11.8 Å². The van der Waals surface area contributed by atoms with Gasteiger partial charge in [-0.2, -0.15) is 4.31 Å². The molecule has 2 aliphatic heterocycles. The minimum Gasteiger partial charge on any atom is -0.383 e. The molecule has 4 rings (SSSR count). The van der Waals surface area contributed by atoms with Crippen LogP contribution in [0, 0.1) is 0 Å². The summed E-state index contributed by atoms with van der Waals surface area (Å²) in [6.07, 6.45) is 1.71. The van der Waals surface area contributed by atoms with Gasteiger partial charge in [-0.15, -0.1) is 0 Å². The van der Waals surface area contributed by atoms with Gasteiger partial charge in [0.25, 0.3) is 0 Å². The molecule has 8 heteroatoms. The Morgan fingerprint density at radius 1 is 1.13 bits per heavy atom. The average molecular weight is 462 g/mol. The van der Waals surface area contributed by atoms with Crippen LogP contribution in [-0.2, 0) is 14.8 Å². The third-order valence-electron chi connectivity index (χ3n) is 5.13. The van der Waals surface area contributed by atoms with E-state index in [1.54, 1.807) is 35.3 Å². The fraction of sp³-hybridized carbons (Fsp3) is 0.391. The highest BCUT2D eigenvalue weighted by atomic mass is 32.2. The number of hydrogen-bond donors (Lipinski definition) is 2. The van der Waals surface area contributed by atoms with E-state index in [0.717, 1.165) is 29.8 Å². The third kappa shape index (κ3) is 5.63. The Labute approximate surface area is 190 Å². The fourth-order valence-electron chi connectivity index (χ4n) is 3.68. The number of rotatable bonds is 7. The predicted molar refractivity (Wildman–Crippen MR) is 129 cm³/mol. The van der Waals surface area contributed by atoms with Crippen LogP contribution in [0.15, 0.2) is 64.9 Å². The van der Waals surface area contributed by atoms with Crippen molar-refractivity contribution in [3.63, 3.8) is 0 Å². The lowest BCUT2D eigenvalue weighted by Crippen LogP contribution is -2.38. The number of nitrogens with zero attached hydrogens (tertiary/aromatic N) is 1.